The van der Waals surface area contributed by atoms with Gasteiger partial charge >= 0.3 is 5.97 Å². The van der Waals surface area contributed by atoms with Crippen molar-refractivity contribution >= 4 is 5.97 Å². The van der Waals surface area contributed by atoms with Crippen molar-refractivity contribution in [3.05, 3.63) is 23.8 Å². The van der Waals surface area contributed by atoms with Crippen LogP contribution in [-0.2, 0) is 9.53 Å². The van der Waals surface area contributed by atoms with Gasteiger partial charge in [-0.15, -0.1) is 0 Å². The molecule has 0 spiro atoms. The summed E-state index contributed by atoms with van der Waals surface area (Å²) < 4.78 is 6.19. The normalized spacial score (nSPS) is 25.6. The van der Waals surface area contributed by atoms with E-state index in [4.69, 9.17) is 4.74 Å². The van der Waals surface area contributed by atoms with Crippen molar-refractivity contribution in [3.8, 4) is 0 Å². The van der Waals surface area contributed by atoms with Crippen LogP contribution in [0, 0.1) is 46.3 Å². The van der Waals surface area contributed by atoms with E-state index >= 15 is 0 Å². The van der Waals surface area contributed by atoms with Crippen molar-refractivity contribution in [2.45, 2.75) is 362 Å². The van der Waals surface area contributed by atoms with Crippen molar-refractivity contribution in [3.63, 3.8) is 0 Å². The summed E-state index contributed by atoms with van der Waals surface area (Å²) in [5.74, 6) is 5.33. The van der Waals surface area contributed by atoms with Crippen LogP contribution in [0.3, 0.4) is 0 Å². The highest BCUT2D eigenvalue weighted by atomic mass is 16.5. The average molecular weight is 988 g/mol. The molecule has 0 heterocycles. The Morgan fingerprint density at radius 1 is 0.535 bits per heavy atom. The minimum Gasteiger partial charge on any atom is -0.462 e. The summed E-state index contributed by atoms with van der Waals surface area (Å²) in [7, 11) is 0. The quantitative estimate of drug-likeness (QED) is 0.0345. The second-order valence-electron chi connectivity index (χ2n) is 26.5. The molecule has 0 aliphatic heterocycles. The van der Waals surface area contributed by atoms with Crippen molar-refractivity contribution in [2.24, 2.45) is 46.3 Å². The number of carbonyl (C=O) groups excluding carboxylic acids is 1. The van der Waals surface area contributed by atoms with E-state index in [9.17, 15) is 4.79 Å². The third-order valence-electron chi connectivity index (χ3n) is 20.2. The van der Waals surface area contributed by atoms with E-state index in [2.05, 4.69) is 59.8 Å². The molecule has 2 heteroatoms. The summed E-state index contributed by atoms with van der Waals surface area (Å²) in [6, 6.07) is 0. The van der Waals surface area contributed by atoms with Gasteiger partial charge in [-0.2, -0.15) is 0 Å². The van der Waals surface area contributed by atoms with Crippen LogP contribution < -0.4 is 0 Å². The number of rotatable bonds is 45. The lowest BCUT2D eigenvalue weighted by molar-refractivity contribution is -0.151. The molecule has 0 aromatic heterocycles. The van der Waals surface area contributed by atoms with Crippen LogP contribution in [0.5, 0.6) is 0 Å². The molecule has 2 nitrogen and oxygen atoms in total. The molecule has 8 unspecified atom stereocenters. The zero-order valence-corrected chi connectivity index (χ0v) is 49.2. The molecule has 0 radical (unpaired) electrons. The first kappa shape index (κ1) is 62.5. The highest BCUT2D eigenvalue weighted by Crippen LogP contribution is 2.67. The van der Waals surface area contributed by atoms with Crippen LogP contribution in [0.2, 0.25) is 0 Å². The number of hydrogen-bond donors (Lipinski definition) is 0. The monoisotopic (exact) mass is 987 g/mol. The van der Waals surface area contributed by atoms with Gasteiger partial charge in [0.05, 0.1) is 0 Å². The molecule has 0 aromatic carbocycles. The van der Waals surface area contributed by atoms with E-state index < -0.39 is 0 Å². The molecule has 414 valence electrons. The number of allylic oxidation sites excluding steroid dienone is 3. The lowest BCUT2D eigenvalue weighted by Crippen LogP contribution is -2.51. The van der Waals surface area contributed by atoms with Crippen molar-refractivity contribution < 1.29 is 9.53 Å². The molecule has 0 bridgehead atoms. The first-order chi connectivity index (χ1) is 34.7. The maximum absolute atomic E-state index is 13.0. The Morgan fingerprint density at radius 3 is 1.45 bits per heavy atom. The van der Waals surface area contributed by atoms with E-state index in [1.165, 1.54) is 289 Å². The van der Waals surface area contributed by atoms with Gasteiger partial charge in [0.2, 0.25) is 0 Å². The third-order valence-corrected chi connectivity index (χ3v) is 20.2. The topological polar surface area (TPSA) is 26.3 Å². The minimum atomic E-state index is 0.0706. The fourth-order valence-corrected chi connectivity index (χ4v) is 15.6. The molecule has 4 aliphatic rings. The van der Waals surface area contributed by atoms with E-state index in [1.54, 1.807) is 5.57 Å². The maximum atomic E-state index is 13.0. The average Bonchev–Trinajstić information content (AvgIpc) is 3.72. The maximum Gasteiger partial charge on any atom is 0.306 e. The van der Waals surface area contributed by atoms with Gasteiger partial charge in [-0.05, 0) is 123 Å². The standard InChI is InChI=1S/C69H126O2/c1-7-8-9-10-11-12-13-14-15-16-17-18-19-20-21-22-23-24-25-26-27-28-29-30-31-32-33-34-35-36-37-38-39-40-41-42-43-44-45-49-67(70)71-62-54-56-68(5)61(58-62)50-51-63-65-53-52-64(60(4)48-46-47-59(2)3)69(65,6)57-55-66(63)68/h16-17,50,59-60,62-66H,7-15,18-49,51-58H2,1-6H3/b17-16-. The van der Waals surface area contributed by atoms with Crippen LogP contribution >= 0.6 is 0 Å². The first-order valence-electron chi connectivity index (χ1n) is 33.2. The van der Waals surface area contributed by atoms with Crippen LogP contribution in [0.15, 0.2) is 23.8 Å². The Kier molecular flexibility index (Phi) is 33.9. The number of esters is 1. The summed E-state index contributed by atoms with van der Waals surface area (Å²) in [6.45, 7) is 15.0. The third kappa shape index (κ3) is 24.7. The van der Waals surface area contributed by atoms with Crippen LogP contribution in [0.4, 0.5) is 0 Å². The van der Waals surface area contributed by atoms with Gasteiger partial charge in [-0.3, -0.25) is 4.79 Å². The number of hydrogen-bond acceptors (Lipinski definition) is 2. The Bertz CT molecular complexity index is 1360. The zero-order valence-electron chi connectivity index (χ0n) is 49.2. The highest BCUT2D eigenvalue weighted by molar-refractivity contribution is 5.69. The lowest BCUT2D eigenvalue weighted by atomic mass is 9.47. The molecule has 0 saturated heterocycles. The van der Waals surface area contributed by atoms with E-state index in [-0.39, 0.29) is 12.1 Å². The van der Waals surface area contributed by atoms with Gasteiger partial charge in [-0.25, -0.2) is 0 Å². The fourth-order valence-electron chi connectivity index (χ4n) is 15.6. The van der Waals surface area contributed by atoms with E-state index in [1.807, 2.05) is 0 Å². The molecular formula is C69H126O2. The lowest BCUT2D eigenvalue weighted by Gasteiger charge is -2.58. The molecule has 3 saturated carbocycles. The Labute approximate surface area is 445 Å². The second kappa shape index (κ2) is 38.5. The molecule has 4 aliphatic carbocycles. The highest BCUT2D eigenvalue weighted by Gasteiger charge is 2.59. The van der Waals surface area contributed by atoms with Gasteiger partial charge in [0, 0.05) is 12.8 Å². The molecule has 0 amide bonds. The van der Waals surface area contributed by atoms with Gasteiger partial charge in [0.25, 0.3) is 0 Å². The largest absolute Gasteiger partial charge is 0.462 e. The predicted octanol–water partition coefficient (Wildman–Crippen LogP) is 23.3. The summed E-state index contributed by atoms with van der Waals surface area (Å²) in [5, 5.41) is 0. The SMILES string of the molecule is CCCCCCCCCC/C=C\CCCCCCCCCCCCCCCCCCCCCCCCCCCCCC(=O)OC1CCC2(C)C(=CCC3C2CCC2(C)C(C(C)CCCC(C)C)CCC32)C1. The summed E-state index contributed by atoms with van der Waals surface area (Å²) >= 11 is 0. The molecule has 3 fully saturated rings. The van der Waals surface area contributed by atoms with E-state index in [0.717, 1.165) is 54.8 Å². The molecule has 4 rings (SSSR count). The predicted molar refractivity (Wildman–Crippen MR) is 313 cm³/mol. The van der Waals surface area contributed by atoms with Crippen molar-refractivity contribution in [1.29, 1.82) is 0 Å². The van der Waals surface area contributed by atoms with E-state index in [0.29, 0.717) is 17.3 Å². The summed E-state index contributed by atoms with van der Waals surface area (Å²) in [6.07, 6.45) is 75.1. The van der Waals surface area contributed by atoms with Crippen LogP contribution in [-0.4, -0.2) is 12.1 Å². The Morgan fingerprint density at radius 2 is 0.986 bits per heavy atom. The molecular weight excluding hydrogens is 861 g/mol. The van der Waals surface area contributed by atoms with Gasteiger partial charge in [0.15, 0.2) is 0 Å². The smallest absolute Gasteiger partial charge is 0.306 e. The Hall–Kier alpha value is -1.05. The van der Waals surface area contributed by atoms with Crippen molar-refractivity contribution in [2.75, 3.05) is 0 Å². The fraction of sp³-hybridized carbons (Fsp3) is 0.928. The number of fused-ring (bicyclic) bond motifs is 5. The van der Waals surface area contributed by atoms with Gasteiger partial charge < -0.3 is 4.74 Å². The molecule has 0 aromatic rings. The number of carbonyl (C=O) groups is 1. The Balaban J connectivity index is 0.843. The number of ether oxygens (including phenoxy) is 1. The molecule has 71 heavy (non-hydrogen) atoms. The first-order valence-corrected chi connectivity index (χ1v) is 33.2. The second-order valence-corrected chi connectivity index (χ2v) is 26.5. The zero-order chi connectivity index (χ0) is 50.7. The van der Waals surface area contributed by atoms with Crippen molar-refractivity contribution in [1.82, 2.24) is 0 Å². The minimum absolute atomic E-state index is 0.0706. The molecule has 8 atom stereocenters. The van der Waals surface area contributed by atoms with Gasteiger partial charge in [-0.1, -0.05) is 290 Å². The number of unbranched alkanes of at least 4 members (excludes halogenated alkanes) is 35. The summed E-state index contributed by atoms with van der Waals surface area (Å²) in [4.78, 5) is 13.0. The molecule has 0 N–H and O–H groups in total. The van der Waals surface area contributed by atoms with Gasteiger partial charge in [0.1, 0.15) is 6.10 Å². The van der Waals surface area contributed by atoms with Crippen LogP contribution in [0.1, 0.15) is 356 Å². The summed E-state index contributed by atoms with van der Waals surface area (Å²) in [5.41, 5.74) is 2.53. The van der Waals surface area contributed by atoms with Crippen LogP contribution in [0.25, 0.3) is 0 Å².